The summed E-state index contributed by atoms with van der Waals surface area (Å²) in [6, 6.07) is 3.28. The molecule has 0 aliphatic carbocycles. The number of nitrogens with one attached hydrogen (secondary N) is 1. The summed E-state index contributed by atoms with van der Waals surface area (Å²) in [4.78, 5) is 14.0. The molecule has 1 amide bonds. The van der Waals surface area contributed by atoms with Gasteiger partial charge < -0.3 is 10.2 Å². The molecular weight excluding hydrogens is 250 g/mol. The van der Waals surface area contributed by atoms with Crippen LogP contribution in [0.4, 0.5) is 8.78 Å². The molecule has 104 valence electrons. The monoisotopic (exact) mass is 268 g/mol. The van der Waals surface area contributed by atoms with E-state index in [4.69, 9.17) is 0 Å². The predicted octanol–water partition coefficient (Wildman–Crippen LogP) is 2.18. The summed E-state index contributed by atoms with van der Waals surface area (Å²) in [5.74, 6) is -2.18. The number of carbonyl (C=O) groups excluding carboxylic acids is 1. The van der Waals surface area contributed by atoms with Crippen molar-refractivity contribution in [1.82, 2.24) is 10.2 Å². The van der Waals surface area contributed by atoms with Crippen molar-refractivity contribution in [2.24, 2.45) is 0 Å². The van der Waals surface area contributed by atoms with E-state index in [2.05, 4.69) is 5.32 Å². The van der Waals surface area contributed by atoms with Crippen molar-refractivity contribution < 1.29 is 13.6 Å². The summed E-state index contributed by atoms with van der Waals surface area (Å²) in [5.41, 5.74) is 0.0154. The molecule has 0 aromatic heterocycles. The minimum atomic E-state index is -0.988. The largest absolute Gasteiger partial charge is 0.337 e. The molecule has 2 rings (SSSR count). The maximum Gasteiger partial charge on any atom is 0.254 e. The third-order valence-corrected chi connectivity index (χ3v) is 3.25. The van der Waals surface area contributed by atoms with Gasteiger partial charge in [-0.2, -0.15) is 0 Å². The molecule has 1 aromatic carbocycles. The average molecular weight is 268 g/mol. The summed E-state index contributed by atoms with van der Waals surface area (Å²) < 4.78 is 26.1. The number of hydrogen-bond donors (Lipinski definition) is 1. The van der Waals surface area contributed by atoms with Crippen LogP contribution in [-0.2, 0) is 0 Å². The second-order valence-corrected chi connectivity index (χ2v) is 5.52. The van der Waals surface area contributed by atoms with E-state index in [1.807, 2.05) is 13.8 Å². The fourth-order valence-electron chi connectivity index (χ4n) is 2.29. The van der Waals surface area contributed by atoms with Crippen LogP contribution in [0.5, 0.6) is 0 Å². The zero-order chi connectivity index (χ0) is 14.0. The van der Waals surface area contributed by atoms with Crippen molar-refractivity contribution in [3.63, 3.8) is 0 Å². The van der Waals surface area contributed by atoms with E-state index < -0.39 is 11.6 Å². The lowest BCUT2D eigenvalue weighted by molar-refractivity contribution is 0.0732. The second-order valence-electron chi connectivity index (χ2n) is 5.52. The Bertz CT molecular complexity index is 488. The van der Waals surface area contributed by atoms with Crippen LogP contribution in [-0.4, -0.2) is 36.0 Å². The summed E-state index contributed by atoms with van der Waals surface area (Å²) in [6.45, 7) is 6.04. The molecule has 0 unspecified atom stereocenters. The van der Waals surface area contributed by atoms with E-state index in [0.717, 1.165) is 25.1 Å². The molecule has 0 saturated carbocycles. The first kappa shape index (κ1) is 13.9. The van der Waals surface area contributed by atoms with Gasteiger partial charge in [0.15, 0.2) is 11.6 Å². The minimum Gasteiger partial charge on any atom is -0.337 e. The maximum atomic E-state index is 13.2. The van der Waals surface area contributed by atoms with Crippen molar-refractivity contribution in [3.05, 3.63) is 35.4 Å². The highest BCUT2D eigenvalue weighted by Crippen LogP contribution is 2.15. The molecule has 1 fully saturated rings. The highest BCUT2D eigenvalue weighted by Gasteiger charge is 2.27. The van der Waals surface area contributed by atoms with Gasteiger partial charge in [-0.15, -0.1) is 0 Å². The molecule has 1 aliphatic rings. The Hall–Kier alpha value is -1.49. The lowest BCUT2D eigenvalue weighted by atomic mass is 10.1. The van der Waals surface area contributed by atoms with Crippen molar-refractivity contribution in [2.45, 2.75) is 25.8 Å². The van der Waals surface area contributed by atoms with Crippen molar-refractivity contribution in [2.75, 3.05) is 19.6 Å². The molecule has 0 radical (unpaired) electrons. The third kappa shape index (κ3) is 3.29. The van der Waals surface area contributed by atoms with Gasteiger partial charge in [-0.25, -0.2) is 8.78 Å². The van der Waals surface area contributed by atoms with E-state index in [0.29, 0.717) is 13.1 Å². The summed E-state index contributed by atoms with van der Waals surface area (Å²) in [6.07, 6.45) is 0.846. The highest BCUT2D eigenvalue weighted by molar-refractivity contribution is 5.94. The molecule has 0 atom stereocenters. The molecule has 19 heavy (non-hydrogen) atoms. The lowest BCUT2D eigenvalue weighted by Gasteiger charge is -2.30. The number of benzene rings is 1. The van der Waals surface area contributed by atoms with Crippen LogP contribution in [0, 0.1) is 11.6 Å². The Balaban J connectivity index is 2.20. The Kier molecular flexibility index (Phi) is 3.85. The Morgan fingerprint density at radius 2 is 2.05 bits per heavy atom. The fourth-order valence-corrected chi connectivity index (χ4v) is 2.29. The van der Waals surface area contributed by atoms with Crippen LogP contribution in [0.25, 0.3) is 0 Å². The second kappa shape index (κ2) is 5.25. The standard InChI is InChI=1S/C14H18F2N2O/c1-14(2)9-18(7-3-6-17-14)13(19)10-4-5-11(15)12(16)8-10/h4-5,8,17H,3,6-7,9H2,1-2H3. The summed E-state index contributed by atoms with van der Waals surface area (Å²) >= 11 is 0. The van der Waals surface area contributed by atoms with Gasteiger partial charge in [0.25, 0.3) is 5.91 Å². The third-order valence-electron chi connectivity index (χ3n) is 3.25. The van der Waals surface area contributed by atoms with Gasteiger partial charge in [-0.3, -0.25) is 4.79 Å². The minimum absolute atomic E-state index is 0.176. The summed E-state index contributed by atoms with van der Waals surface area (Å²) in [7, 11) is 0. The normalized spacial score (nSPS) is 19.1. The van der Waals surface area contributed by atoms with Crippen molar-refractivity contribution in [3.8, 4) is 0 Å². The highest BCUT2D eigenvalue weighted by atomic mass is 19.2. The van der Waals surface area contributed by atoms with Crippen molar-refractivity contribution in [1.29, 1.82) is 0 Å². The first-order valence-electron chi connectivity index (χ1n) is 6.38. The van der Waals surface area contributed by atoms with E-state index in [9.17, 15) is 13.6 Å². The molecule has 1 aromatic rings. The molecule has 3 nitrogen and oxygen atoms in total. The van der Waals surface area contributed by atoms with Gasteiger partial charge in [0.1, 0.15) is 0 Å². The van der Waals surface area contributed by atoms with Gasteiger partial charge in [0, 0.05) is 24.2 Å². The van der Waals surface area contributed by atoms with Gasteiger partial charge in [-0.05, 0) is 45.0 Å². The zero-order valence-corrected chi connectivity index (χ0v) is 11.2. The van der Waals surface area contributed by atoms with Crippen LogP contribution in [0.3, 0.4) is 0 Å². The zero-order valence-electron chi connectivity index (χ0n) is 11.2. The molecule has 0 bridgehead atoms. The van der Waals surface area contributed by atoms with Crippen LogP contribution in [0.2, 0.25) is 0 Å². The number of halogens is 2. The van der Waals surface area contributed by atoms with E-state index >= 15 is 0 Å². The number of rotatable bonds is 1. The van der Waals surface area contributed by atoms with Gasteiger partial charge >= 0.3 is 0 Å². The van der Waals surface area contributed by atoms with Crippen LogP contribution in [0.1, 0.15) is 30.6 Å². The summed E-state index contributed by atoms with van der Waals surface area (Å²) in [5, 5.41) is 3.35. The molecule has 0 spiro atoms. The van der Waals surface area contributed by atoms with E-state index in [1.165, 1.54) is 6.07 Å². The van der Waals surface area contributed by atoms with Gasteiger partial charge in [-0.1, -0.05) is 0 Å². The Labute approximate surface area is 111 Å². The molecular formula is C14H18F2N2O. The lowest BCUT2D eigenvalue weighted by Crippen LogP contribution is -2.48. The van der Waals surface area contributed by atoms with Crippen LogP contribution >= 0.6 is 0 Å². The predicted molar refractivity (Wildman–Crippen MR) is 69.0 cm³/mol. The average Bonchev–Trinajstić information content (AvgIpc) is 2.53. The topological polar surface area (TPSA) is 32.3 Å². The SMILES string of the molecule is CC1(C)CN(C(=O)c2ccc(F)c(F)c2)CCCN1. The van der Waals surface area contributed by atoms with E-state index in [-0.39, 0.29) is 17.0 Å². The van der Waals surface area contributed by atoms with Crippen LogP contribution in [0.15, 0.2) is 18.2 Å². The van der Waals surface area contributed by atoms with E-state index in [1.54, 1.807) is 4.90 Å². The maximum absolute atomic E-state index is 13.2. The molecule has 1 heterocycles. The fraction of sp³-hybridized carbons (Fsp3) is 0.500. The first-order chi connectivity index (χ1) is 8.89. The quantitative estimate of drug-likeness (QED) is 0.846. The Morgan fingerprint density at radius 1 is 1.32 bits per heavy atom. The number of hydrogen-bond acceptors (Lipinski definition) is 2. The molecule has 5 heteroatoms. The molecule has 1 saturated heterocycles. The molecule has 1 N–H and O–H groups in total. The number of carbonyl (C=O) groups is 1. The number of amides is 1. The smallest absolute Gasteiger partial charge is 0.254 e. The van der Waals surface area contributed by atoms with Crippen molar-refractivity contribution >= 4 is 5.91 Å². The van der Waals surface area contributed by atoms with Gasteiger partial charge in [0.2, 0.25) is 0 Å². The first-order valence-corrected chi connectivity index (χ1v) is 6.38. The van der Waals surface area contributed by atoms with Gasteiger partial charge in [0.05, 0.1) is 0 Å². The molecule has 1 aliphatic heterocycles. The Morgan fingerprint density at radius 3 is 2.74 bits per heavy atom. The van der Waals surface area contributed by atoms with Crippen LogP contribution < -0.4 is 5.32 Å². The number of nitrogens with zero attached hydrogens (tertiary/aromatic N) is 1.